The fraction of sp³-hybridized carbons (Fsp3) is 0.214. The minimum Gasteiger partial charge on any atom is -0.497 e. The summed E-state index contributed by atoms with van der Waals surface area (Å²) in [6, 6.07) is 9.11. The molecular weight excluding hydrogens is 344 g/mol. The molecule has 0 bridgehead atoms. The zero-order valence-corrected chi connectivity index (χ0v) is 13.5. The first-order valence-corrected chi connectivity index (χ1v) is 7.10. The summed E-state index contributed by atoms with van der Waals surface area (Å²) in [4.78, 5) is 4.36. The predicted octanol–water partition coefficient (Wildman–Crippen LogP) is 4.13. The second kappa shape index (κ2) is 6.81. The Morgan fingerprint density at radius 1 is 1.30 bits per heavy atom. The summed E-state index contributed by atoms with van der Waals surface area (Å²) in [7, 11) is 3.43. The van der Waals surface area contributed by atoms with Crippen molar-refractivity contribution in [3.8, 4) is 11.5 Å². The number of pyridine rings is 1. The highest BCUT2D eigenvalue weighted by atomic mass is 79.9. The van der Waals surface area contributed by atoms with Gasteiger partial charge in [-0.25, -0.2) is 4.98 Å². The maximum Gasteiger partial charge on any atom is 0.134 e. The molecule has 4 nitrogen and oxygen atoms in total. The van der Waals surface area contributed by atoms with Crippen molar-refractivity contribution in [1.82, 2.24) is 4.98 Å². The van der Waals surface area contributed by atoms with Crippen LogP contribution in [0.3, 0.4) is 0 Å². The van der Waals surface area contributed by atoms with Gasteiger partial charge in [0.2, 0.25) is 0 Å². The predicted molar refractivity (Wildman–Crippen MR) is 83.8 cm³/mol. The monoisotopic (exact) mass is 356 g/mol. The van der Waals surface area contributed by atoms with Gasteiger partial charge in [-0.1, -0.05) is 11.6 Å². The topological polar surface area (TPSA) is 43.4 Å². The van der Waals surface area contributed by atoms with E-state index in [2.05, 4.69) is 26.2 Å². The van der Waals surface area contributed by atoms with Crippen LogP contribution < -0.4 is 14.8 Å². The van der Waals surface area contributed by atoms with Crippen LogP contribution in [0.15, 0.2) is 34.8 Å². The molecule has 0 unspecified atom stereocenters. The second-order valence-corrected chi connectivity index (χ2v) is 5.22. The van der Waals surface area contributed by atoms with Crippen molar-refractivity contribution >= 4 is 33.3 Å². The summed E-state index contributed by atoms with van der Waals surface area (Å²) in [6.07, 6.45) is 0. The van der Waals surface area contributed by atoms with E-state index in [0.717, 1.165) is 16.0 Å². The Labute approximate surface area is 131 Å². The van der Waals surface area contributed by atoms with Gasteiger partial charge in [0.1, 0.15) is 23.9 Å². The van der Waals surface area contributed by atoms with Crippen LogP contribution in [-0.2, 0) is 6.61 Å². The lowest BCUT2D eigenvalue weighted by atomic mass is 10.3. The third-order valence-electron chi connectivity index (χ3n) is 2.68. The maximum absolute atomic E-state index is 6.10. The normalized spacial score (nSPS) is 10.2. The van der Waals surface area contributed by atoms with E-state index in [-0.39, 0.29) is 0 Å². The van der Waals surface area contributed by atoms with E-state index in [1.165, 1.54) is 0 Å². The van der Waals surface area contributed by atoms with Crippen LogP contribution in [-0.4, -0.2) is 19.1 Å². The van der Waals surface area contributed by atoms with Crippen molar-refractivity contribution in [1.29, 1.82) is 0 Å². The van der Waals surface area contributed by atoms with Gasteiger partial charge in [-0.05, 0) is 46.3 Å². The molecule has 0 aliphatic rings. The van der Waals surface area contributed by atoms with Gasteiger partial charge in [-0.2, -0.15) is 0 Å². The van der Waals surface area contributed by atoms with Crippen LogP contribution >= 0.6 is 27.5 Å². The molecule has 2 aromatic rings. The molecule has 0 radical (unpaired) electrons. The average Bonchev–Trinajstić information content (AvgIpc) is 2.47. The van der Waals surface area contributed by atoms with E-state index in [9.17, 15) is 0 Å². The van der Waals surface area contributed by atoms with Gasteiger partial charge >= 0.3 is 0 Å². The number of aromatic nitrogens is 1. The standard InChI is InChI=1S/C14H14BrClN2O2/c1-17-14-6-4-11(16)12(18-14)8-20-13-5-3-9(19-2)7-10(13)15/h3-7H,8H2,1-2H3,(H,17,18). The van der Waals surface area contributed by atoms with Crippen LogP contribution in [0, 0.1) is 0 Å². The molecule has 1 N–H and O–H groups in total. The van der Waals surface area contributed by atoms with Crippen molar-refractivity contribution < 1.29 is 9.47 Å². The lowest BCUT2D eigenvalue weighted by Crippen LogP contribution is -2.02. The number of hydrogen-bond acceptors (Lipinski definition) is 4. The molecule has 0 fully saturated rings. The van der Waals surface area contributed by atoms with Crippen LogP contribution in [0.5, 0.6) is 11.5 Å². The number of rotatable bonds is 5. The minimum absolute atomic E-state index is 0.291. The molecule has 0 spiro atoms. The third kappa shape index (κ3) is 3.55. The maximum atomic E-state index is 6.10. The van der Waals surface area contributed by atoms with E-state index in [4.69, 9.17) is 21.1 Å². The Hall–Kier alpha value is -1.46. The lowest BCUT2D eigenvalue weighted by molar-refractivity contribution is 0.299. The Balaban J connectivity index is 2.12. The molecule has 2 rings (SSSR count). The van der Waals surface area contributed by atoms with Gasteiger partial charge in [0.15, 0.2) is 0 Å². The molecular formula is C14H14BrClN2O2. The first kappa shape index (κ1) is 14.9. The number of methoxy groups -OCH3 is 1. The van der Waals surface area contributed by atoms with Gasteiger partial charge in [-0.15, -0.1) is 0 Å². The van der Waals surface area contributed by atoms with Gasteiger partial charge < -0.3 is 14.8 Å². The van der Waals surface area contributed by atoms with Crippen LogP contribution in [0.2, 0.25) is 5.02 Å². The Bertz CT molecular complexity index is 608. The van der Waals surface area contributed by atoms with E-state index in [0.29, 0.717) is 23.1 Å². The molecule has 6 heteroatoms. The molecule has 20 heavy (non-hydrogen) atoms. The summed E-state index contributed by atoms with van der Waals surface area (Å²) in [5.41, 5.74) is 0.682. The van der Waals surface area contributed by atoms with Crippen LogP contribution in [0.1, 0.15) is 5.69 Å². The number of anilines is 1. The van der Waals surface area contributed by atoms with E-state index in [1.807, 2.05) is 24.3 Å². The summed E-state index contributed by atoms with van der Waals surface area (Å²) in [5, 5.41) is 3.55. The number of benzene rings is 1. The van der Waals surface area contributed by atoms with E-state index >= 15 is 0 Å². The summed E-state index contributed by atoms with van der Waals surface area (Å²) < 4.78 is 11.7. The molecule has 1 heterocycles. The quantitative estimate of drug-likeness (QED) is 0.874. The van der Waals surface area contributed by atoms with Crippen molar-refractivity contribution in [2.45, 2.75) is 6.61 Å². The Morgan fingerprint density at radius 3 is 2.75 bits per heavy atom. The molecule has 1 aromatic carbocycles. The van der Waals surface area contributed by atoms with Gasteiger partial charge in [0.25, 0.3) is 0 Å². The molecule has 0 saturated heterocycles. The van der Waals surface area contributed by atoms with Crippen molar-refractivity contribution in [2.24, 2.45) is 0 Å². The highest BCUT2D eigenvalue weighted by molar-refractivity contribution is 9.10. The zero-order chi connectivity index (χ0) is 14.5. The molecule has 1 aromatic heterocycles. The van der Waals surface area contributed by atoms with E-state index in [1.54, 1.807) is 20.2 Å². The van der Waals surface area contributed by atoms with Crippen LogP contribution in [0.25, 0.3) is 0 Å². The summed E-state index contributed by atoms with van der Waals surface area (Å²) >= 11 is 9.54. The SMILES string of the molecule is CNc1ccc(Cl)c(COc2ccc(OC)cc2Br)n1. The van der Waals surface area contributed by atoms with E-state index < -0.39 is 0 Å². The van der Waals surface area contributed by atoms with Gasteiger partial charge in [0.05, 0.1) is 22.3 Å². The third-order valence-corrected chi connectivity index (χ3v) is 3.64. The highest BCUT2D eigenvalue weighted by Gasteiger charge is 2.07. The van der Waals surface area contributed by atoms with Crippen molar-refractivity contribution in [2.75, 3.05) is 19.5 Å². The molecule has 0 atom stereocenters. The average molecular weight is 358 g/mol. The van der Waals surface area contributed by atoms with Crippen molar-refractivity contribution in [3.05, 3.63) is 45.5 Å². The van der Waals surface area contributed by atoms with Crippen LogP contribution in [0.4, 0.5) is 5.82 Å². The zero-order valence-electron chi connectivity index (χ0n) is 11.1. The Kier molecular flexibility index (Phi) is 5.09. The molecule has 0 saturated carbocycles. The first-order chi connectivity index (χ1) is 9.63. The number of hydrogen-bond donors (Lipinski definition) is 1. The first-order valence-electron chi connectivity index (χ1n) is 5.93. The van der Waals surface area contributed by atoms with Gasteiger partial charge in [-0.3, -0.25) is 0 Å². The highest BCUT2D eigenvalue weighted by Crippen LogP contribution is 2.30. The number of nitrogens with zero attached hydrogens (tertiary/aromatic N) is 1. The second-order valence-electron chi connectivity index (χ2n) is 3.96. The number of halogens is 2. The molecule has 0 amide bonds. The Morgan fingerprint density at radius 2 is 2.10 bits per heavy atom. The van der Waals surface area contributed by atoms with Gasteiger partial charge in [0, 0.05) is 7.05 Å². The number of nitrogens with one attached hydrogen (secondary N) is 1. The summed E-state index contributed by atoms with van der Waals surface area (Å²) in [6.45, 7) is 0.291. The minimum atomic E-state index is 0.291. The smallest absolute Gasteiger partial charge is 0.134 e. The summed E-state index contributed by atoms with van der Waals surface area (Å²) in [5.74, 6) is 2.22. The molecule has 106 valence electrons. The fourth-order valence-electron chi connectivity index (χ4n) is 1.60. The lowest BCUT2D eigenvalue weighted by Gasteiger charge is -2.11. The molecule has 0 aliphatic carbocycles. The molecule has 0 aliphatic heterocycles. The number of ether oxygens (including phenoxy) is 2. The fourth-order valence-corrected chi connectivity index (χ4v) is 2.23. The van der Waals surface area contributed by atoms with Crippen molar-refractivity contribution in [3.63, 3.8) is 0 Å². The largest absolute Gasteiger partial charge is 0.497 e.